The predicted molar refractivity (Wildman–Crippen MR) is 103 cm³/mol. The fourth-order valence-electron chi connectivity index (χ4n) is 3.51. The van der Waals surface area contributed by atoms with Crippen LogP contribution in [-0.4, -0.2) is 72.6 Å². The second-order valence-electron chi connectivity index (χ2n) is 7.96. The summed E-state index contributed by atoms with van der Waals surface area (Å²) in [4.78, 5) is 42.6. The van der Waals surface area contributed by atoms with E-state index in [-0.39, 0.29) is 24.3 Å². The Morgan fingerprint density at radius 1 is 1.07 bits per heavy atom. The molecule has 2 fully saturated rings. The van der Waals surface area contributed by atoms with E-state index in [1.54, 1.807) is 29.2 Å². The highest BCUT2D eigenvalue weighted by Crippen LogP contribution is 2.33. The van der Waals surface area contributed by atoms with Crippen molar-refractivity contribution in [2.75, 3.05) is 38.2 Å². The lowest BCUT2D eigenvalue weighted by molar-refractivity contribution is -0.123. The van der Waals surface area contributed by atoms with Gasteiger partial charge >= 0.3 is 6.09 Å². The molecule has 1 atom stereocenters. The largest absolute Gasteiger partial charge is 0.495 e. The lowest BCUT2D eigenvalue weighted by Gasteiger charge is -2.37. The van der Waals surface area contributed by atoms with Crippen LogP contribution in [0.3, 0.4) is 0 Å². The predicted octanol–water partition coefficient (Wildman–Crippen LogP) is 1.88. The van der Waals surface area contributed by atoms with Crippen molar-refractivity contribution in [3.8, 4) is 5.75 Å². The molecular weight excluding hydrogens is 362 g/mol. The number of piperazine rings is 1. The highest BCUT2D eigenvalue weighted by molar-refractivity contribution is 6.23. The van der Waals surface area contributed by atoms with Crippen LogP contribution in [0.1, 0.15) is 27.2 Å². The number of anilines is 1. The Balaban J connectivity index is 1.66. The summed E-state index contributed by atoms with van der Waals surface area (Å²) in [6.07, 6.45) is -0.222. The van der Waals surface area contributed by atoms with E-state index in [4.69, 9.17) is 9.47 Å². The minimum atomic E-state index is -0.544. The maximum absolute atomic E-state index is 13.0. The number of ether oxygens (including phenoxy) is 2. The summed E-state index contributed by atoms with van der Waals surface area (Å²) in [5.41, 5.74) is -0.0769. The van der Waals surface area contributed by atoms with Gasteiger partial charge in [-0.3, -0.25) is 14.5 Å². The molecule has 1 aromatic rings. The van der Waals surface area contributed by atoms with Gasteiger partial charge in [-0.2, -0.15) is 0 Å². The quantitative estimate of drug-likeness (QED) is 0.735. The Bertz CT molecular complexity index is 765. The first-order valence-corrected chi connectivity index (χ1v) is 9.43. The van der Waals surface area contributed by atoms with E-state index in [0.29, 0.717) is 37.6 Å². The van der Waals surface area contributed by atoms with Gasteiger partial charge in [-0.25, -0.2) is 9.69 Å². The molecule has 0 saturated carbocycles. The molecule has 28 heavy (non-hydrogen) atoms. The number of carbonyl (C=O) groups is 3. The molecule has 152 valence electrons. The lowest BCUT2D eigenvalue weighted by atomic mass is 10.1. The van der Waals surface area contributed by atoms with Gasteiger partial charge < -0.3 is 14.4 Å². The molecule has 2 heterocycles. The monoisotopic (exact) mass is 389 g/mol. The van der Waals surface area contributed by atoms with Crippen LogP contribution in [0, 0.1) is 0 Å². The van der Waals surface area contributed by atoms with Crippen molar-refractivity contribution in [1.29, 1.82) is 0 Å². The topological polar surface area (TPSA) is 79.4 Å². The zero-order valence-corrected chi connectivity index (χ0v) is 16.8. The molecule has 8 heteroatoms. The Morgan fingerprint density at radius 2 is 1.71 bits per heavy atom. The van der Waals surface area contributed by atoms with E-state index in [1.165, 1.54) is 12.0 Å². The number of rotatable bonds is 3. The van der Waals surface area contributed by atoms with Crippen LogP contribution in [0.5, 0.6) is 5.75 Å². The lowest BCUT2D eigenvalue weighted by Crippen LogP contribution is -2.54. The number of para-hydroxylation sites is 2. The molecule has 2 aliphatic heterocycles. The van der Waals surface area contributed by atoms with E-state index < -0.39 is 11.6 Å². The first-order valence-electron chi connectivity index (χ1n) is 9.43. The minimum Gasteiger partial charge on any atom is -0.495 e. The third-order valence-corrected chi connectivity index (χ3v) is 4.86. The van der Waals surface area contributed by atoms with E-state index in [2.05, 4.69) is 0 Å². The number of hydrogen-bond donors (Lipinski definition) is 0. The minimum absolute atomic E-state index is 0.128. The number of nitrogens with zero attached hydrogens (tertiary/aromatic N) is 3. The van der Waals surface area contributed by atoms with E-state index >= 15 is 0 Å². The maximum Gasteiger partial charge on any atom is 0.410 e. The van der Waals surface area contributed by atoms with E-state index in [0.717, 1.165) is 0 Å². The van der Waals surface area contributed by atoms with Gasteiger partial charge in [-0.15, -0.1) is 0 Å². The summed E-state index contributed by atoms with van der Waals surface area (Å²) in [7, 11) is 1.51. The van der Waals surface area contributed by atoms with Crippen LogP contribution in [0.2, 0.25) is 0 Å². The highest BCUT2D eigenvalue weighted by atomic mass is 16.6. The van der Waals surface area contributed by atoms with Crippen molar-refractivity contribution < 1.29 is 23.9 Å². The molecule has 0 aromatic heterocycles. The Morgan fingerprint density at radius 3 is 2.32 bits per heavy atom. The SMILES string of the molecule is COc1ccccc1N1C(=O)CC(N2CCN(C(=O)OC(C)(C)C)CC2)C1=O. The van der Waals surface area contributed by atoms with Crippen molar-refractivity contribution in [1.82, 2.24) is 9.80 Å². The molecule has 1 unspecified atom stereocenters. The molecule has 0 spiro atoms. The smallest absolute Gasteiger partial charge is 0.410 e. The summed E-state index contributed by atoms with van der Waals surface area (Å²) in [5, 5.41) is 0. The average molecular weight is 389 g/mol. The van der Waals surface area contributed by atoms with Gasteiger partial charge in [0.2, 0.25) is 5.91 Å². The molecule has 0 aliphatic carbocycles. The number of methoxy groups -OCH3 is 1. The summed E-state index contributed by atoms with van der Waals surface area (Å²) >= 11 is 0. The van der Waals surface area contributed by atoms with Gasteiger partial charge in [0.05, 0.1) is 25.3 Å². The van der Waals surface area contributed by atoms with Crippen LogP contribution in [0.4, 0.5) is 10.5 Å². The number of amides is 3. The van der Waals surface area contributed by atoms with E-state index in [9.17, 15) is 14.4 Å². The van der Waals surface area contributed by atoms with E-state index in [1.807, 2.05) is 25.7 Å². The molecule has 3 amide bonds. The van der Waals surface area contributed by atoms with Crippen molar-refractivity contribution >= 4 is 23.6 Å². The second kappa shape index (κ2) is 7.79. The van der Waals surface area contributed by atoms with Crippen molar-refractivity contribution in [2.45, 2.75) is 38.8 Å². The Hall–Kier alpha value is -2.61. The molecular formula is C20H27N3O5. The standard InChI is InChI=1S/C20H27N3O5/c1-20(2,3)28-19(26)22-11-9-21(10-12-22)15-13-17(24)23(18(15)25)14-7-5-6-8-16(14)27-4/h5-8,15H,9-13H2,1-4H3. The Labute approximate surface area is 165 Å². The summed E-state index contributed by atoms with van der Waals surface area (Å²) in [5.74, 6) is -0.00566. The van der Waals surface area contributed by atoms with Crippen LogP contribution in [0.15, 0.2) is 24.3 Å². The van der Waals surface area contributed by atoms with Gasteiger partial charge in [0.1, 0.15) is 11.4 Å². The Kier molecular flexibility index (Phi) is 5.60. The van der Waals surface area contributed by atoms with Crippen LogP contribution in [0.25, 0.3) is 0 Å². The number of imide groups is 1. The highest BCUT2D eigenvalue weighted by Gasteiger charge is 2.44. The van der Waals surface area contributed by atoms with Crippen LogP contribution < -0.4 is 9.64 Å². The fourth-order valence-corrected chi connectivity index (χ4v) is 3.51. The van der Waals surface area contributed by atoms with Crippen LogP contribution >= 0.6 is 0 Å². The van der Waals surface area contributed by atoms with Crippen LogP contribution in [-0.2, 0) is 14.3 Å². The van der Waals surface area contributed by atoms with Gasteiger partial charge in [-0.05, 0) is 32.9 Å². The summed E-state index contributed by atoms with van der Waals surface area (Å²) < 4.78 is 10.7. The number of carbonyl (C=O) groups excluding carboxylic acids is 3. The van der Waals surface area contributed by atoms with Gasteiger partial charge in [0, 0.05) is 26.2 Å². The number of hydrogen-bond acceptors (Lipinski definition) is 6. The fraction of sp³-hybridized carbons (Fsp3) is 0.550. The molecule has 2 aliphatic rings. The first-order chi connectivity index (χ1) is 13.2. The summed E-state index contributed by atoms with van der Waals surface area (Å²) in [6.45, 7) is 7.44. The maximum atomic E-state index is 13.0. The zero-order valence-electron chi connectivity index (χ0n) is 16.8. The third kappa shape index (κ3) is 4.11. The van der Waals surface area contributed by atoms with Crippen molar-refractivity contribution in [3.05, 3.63) is 24.3 Å². The molecule has 3 rings (SSSR count). The van der Waals surface area contributed by atoms with Gasteiger partial charge in [-0.1, -0.05) is 12.1 Å². The van der Waals surface area contributed by atoms with Crippen molar-refractivity contribution in [2.24, 2.45) is 0 Å². The van der Waals surface area contributed by atoms with Gasteiger partial charge in [0.15, 0.2) is 0 Å². The third-order valence-electron chi connectivity index (χ3n) is 4.86. The molecule has 8 nitrogen and oxygen atoms in total. The molecule has 0 N–H and O–H groups in total. The zero-order chi connectivity index (χ0) is 20.5. The van der Waals surface area contributed by atoms with Gasteiger partial charge in [0.25, 0.3) is 5.91 Å². The molecule has 1 aromatic carbocycles. The first kappa shape index (κ1) is 20.1. The summed E-state index contributed by atoms with van der Waals surface area (Å²) in [6, 6.07) is 6.48. The number of benzene rings is 1. The average Bonchev–Trinajstić information content (AvgIpc) is 2.94. The van der Waals surface area contributed by atoms with Crippen molar-refractivity contribution in [3.63, 3.8) is 0 Å². The normalized spacial score (nSPS) is 21.2. The molecule has 0 bridgehead atoms. The molecule has 2 saturated heterocycles. The molecule has 0 radical (unpaired) electrons. The second-order valence-corrected chi connectivity index (χ2v) is 7.96.